The van der Waals surface area contributed by atoms with Crippen LogP contribution in [-0.2, 0) is 17.2 Å². The number of aryl methyl sites for hydroxylation is 3. The number of hydrogen-bond acceptors (Lipinski definition) is 2. The second kappa shape index (κ2) is 6.23. The van der Waals surface area contributed by atoms with Crippen molar-refractivity contribution in [1.82, 2.24) is 0 Å². The van der Waals surface area contributed by atoms with Gasteiger partial charge >= 0.3 is 0 Å². The fourth-order valence-electron chi connectivity index (χ4n) is 2.35. The van der Waals surface area contributed by atoms with Gasteiger partial charge in [0.05, 0.1) is 17.9 Å². The molecule has 0 heterocycles. The van der Waals surface area contributed by atoms with Gasteiger partial charge < -0.3 is 4.74 Å². The van der Waals surface area contributed by atoms with Crippen LogP contribution in [-0.4, -0.2) is 11.3 Å². The summed E-state index contributed by atoms with van der Waals surface area (Å²) in [5, 5.41) is 0. The number of rotatable bonds is 4. The first-order valence-electron chi connectivity index (χ1n) is 6.72. The van der Waals surface area contributed by atoms with E-state index in [0.717, 1.165) is 33.1 Å². The standard InChI is InChI=1S/C17H20O2S/c1-5-14-10-12(2)17(13(3)11-14)20(18)16-8-6-15(19-4)7-9-16/h6-11H,5H2,1-4H3. The van der Waals surface area contributed by atoms with Crippen LogP contribution in [0.4, 0.5) is 0 Å². The second-order valence-corrected chi connectivity index (χ2v) is 6.27. The molecule has 0 amide bonds. The van der Waals surface area contributed by atoms with Crippen molar-refractivity contribution in [1.29, 1.82) is 0 Å². The summed E-state index contributed by atoms with van der Waals surface area (Å²) in [5.41, 5.74) is 3.47. The van der Waals surface area contributed by atoms with Gasteiger partial charge in [-0.15, -0.1) is 0 Å². The first kappa shape index (κ1) is 14.8. The van der Waals surface area contributed by atoms with Gasteiger partial charge in [-0.1, -0.05) is 19.1 Å². The number of methoxy groups -OCH3 is 1. The molecular weight excluding hydrogens is 268 g/mol. The molecule has 0 N–H and O–H groups in total. The highest BCUT2D eigenvalue weighted by atomic mass is 32.2. The minimum atomic E-state index is -1.15. The summed E-state index contributed by atoms with van der Waals surface area (Å²) in [5.74, 6) is 0.778. The largest absolute Gasteiger partial charge is 0.497 e. The Hall–Kier alpha value is -1.61. The molecule has 3 heteroatoms. The normalized spacial score (nSPS) is 12.2. The van der Waals surface area contributed by atoms with E-state index in [0.29, 0.717) is 0 Å². The Balaban J connectivity index is 2.42. The summed E-state index contributed by atoms with van der Waals surface area (Å²) in [7, 11) is 0.483. The average molecular weight is 288 g/mol. The van der Waals surface area contributed by atoms with Gasteiger partial charge in [-0.3, -0.25) is 0 Å². The van der Waals surface area contributed by atoms with Crippen molar-refractivity contribution < 1.29 is 8.95 Å². The Morgan fingerprint density at radius 3 is 2.05 bits per heavy atom. The van der Waals surface area contributed by atoms with Crippen LogP contribution in [0.2, 0.25) is 0 Å². The lowest BCUT2D eigenvalue weighted by Crippen LogP contribution is -2.00. The summed E-state index contributed by atoms with van der Waals surface area (Å²) >= 11 is 0. The molecule has 0 aliphatic carbocycles. The Morgan fingerprint density at radius 2 is 1.60 bits per heavy atom. The number of ether oxygens (including phenoxy) is 1. The zero-order valence-electron chi connectivity index (χ0n) is 12.4. The van der Waals surface area contributed by atoms with Crippen molar-refractivity contribution >= 4 is 10.8 Å². The second-order valence-electron chi connectivity index (χ2n) is 4.86. The number of hydrogen-bond donors (Lipinski definition) is 0. The molecule has 1 atom stereocenters. The van der Waals surface area contributed by atoms with Gasteiger partial charge in [0, 0.05) is 9.79 Å². The molecule has 0 spiro atoms. The fourth-order valence-corrected chi connectivity index (χ4v) is 3.68. The molecule has 0 aliphatic heterocycles. The maximum Gasteiger partial charge on any atom is 0.118 e. The third-order valence-corrected chi connectivity index (χ3v) is 5.10. The van der Waals surface area contributed by atoms with Gasteiger partial charge in [-0.05, 0) is 61.2 Å². The van der Waals surface area contributed by atoms with E-state index in [1.54, 1.807) is 7.11 Å². The van der Waals surface area contributed by atoms with Gasteiger partial charge in [0.15, 0.2) is 0 Å². The van der Waals surface area contributed by atoms with Crippen molar-refractivity contribution in [2.24, 2.45) is 0 Å². The van der Waals surface area contributed by atoms with Gasteiger partial charge in [0.2, 0.25) is 0 Å². The zero-order valence-corrected chi connectivity index (χ0v) is 13.2. The van der Waals surface area contributed by atoms with Gasteiger partial charge in [0.25, 0.3) is 0 Å². The summed E-state index contributed by atoms with van der Waals surface area (Å²) in [6.45, 7) is 6.19. The lowest BCUT2D eigenvalue weighted by molar-refractivity contribution is 0.414. The highest BCUT2D eigenvalue weighted by molar-refractivity contribution is 7.85. The van der Waals surface area contributed by atoms with Crippen LogP contribution in [0, 0.1) is 13.8 Å². The SMILES string of the molecule is CCc1cc(C)c(S(=O)c2ccc(OC)cc2)c(C)c1. The molecule has 2 rings (SSSR count). The molecule has 0 saturated carbocycles. The molecule has 0 aromatic heterocycles. The summed E-state index contributed by atoms with van der Waals surface area (Å²) in [6, 6.07) is 11.7. The van der Waals surface area contributed by atoms with E-state index >= 15 is 0 Å². The van der Waals surface area contributed by atoms with Crippen LogP contribution in [0.1, 0.15) is 23.6 Å². The van der Waals surface area contributed by atoms with E-state index in [2.05, 4.69) is 19.1 Å². The van der Waals surface area contributed by atoms with Crippen LogP contribution < -0.4 is 4.74 Å². The Bertz CT molecular complexity index is 607. The molecular formula is C17H20O2S. The fraction of sp³-hybridized carbons (Fsp3) is 0.294. The van der Waals surface area contributed by atoms with Crippen LogP contribution in [0.25, 0.3) is 0 Å². The molecule has 2 nitrogen and oxygen atoms in total. The smallest absolute Gasteiger partial charge is 0.118 e. The molecule has 0 fully saturated rings. The molecule has 2 aromatic carbocycles. The van der Waals surface area contributed by atoms with Crippen molar-refractivity contribution in [2.45, 2.75) is 37.0 Å². The molecule has 20 heavy (non-hydrogen) atoms. The monoisotopic (exact) mass is 288 g/mol. The summed E-state index contributed by atoms with van der Waals surface area (Å²) < 4.78 is 17.9. The van der Waals surface area contributed by atoms with E-state index in [1.165, 1.54) is 5.56 Å². The van der Waals surface area contributed by atoms with E-state index < -0.39 is 10.8 Å². The van der Waals surface area contributed by atoms with Gasteiger partial charge in [0.1, 0.15) is 5.75 Å². The maximum atomic E-state index is 12.8. The van der Waals surface area contributed by atoms with Crippen molar-refractivity contribution in [3.63, 3.8) is 0 Å². The van der Waals surface area contributed by atoms with E-state index in [4.69, 9.17) is 4.74 Å². The first-order chi connectivity index (χ1) is 9.56. The highest BCUT2D eigenvalue weighted by Crippen LogP contribution is 2.26. The first-order valence-corrected chi connectivity index (χ1v) is 7.87. The van der Waals surface area contributed by atoms with Crippen molar-refractivity contribution in [2.75, 3.05) is 7.11 Å². The quantitative estimate of drug-likeness (QED) is 0.848. The third-order valence-electron chi connectivity index (χ3n) is 3.39. The minimum absolute atomic E-state index is 0.778. The molecule has 0 bridgehead atoms. The van der Waals surface area contributed by atoms with Crippen LogP contribution in [0.15, 0.2) is 46.2 Å². The third kappa shape index (κ3) is 2.93. The minimum Gasteiger partial charge on any atom is -0.497 e. The molecule has 1 unspecified atom stereocenters. The summed E-state index contributed by atoms with van der Waals surface area (Å²) in [4.78, 5) is 1.73. The predicted octanol–water partition coefficient (Wildman–Crippen LogP) is 4.04. The average Bonchev–Trinajstić information content (AvgIpc) is 2.46. The molecule has 106 valence electrons. The van der Waals surface area contributed by atoms with E-state index in [9.17, 15) is 4.21 Å². The van der Waals surface area contributed by atoms with Crippen LogP contribution >= 0.6 is 0 Å². The lowest BCUT2D eigenvalue weighted by atomic mass is 10.1. The molecule has 0 radical (unpaired) electrons. The van der Waals surface area contributed by atoms with Crippen LogP contribution in [0.3, 0.4) is 0 Å². The van der Waals surface area contributed by atoms with Crippen LogP contribution in [0.5, 0.6) is 5.75 Å². The Kier molecular flexibility index (Phi) is 4.61. The van der Waals surface area contributed by atoms with E-state index in [-0.39, 0.29) is 0 Å². The van der Waals surface area contributed by atoms with Gasteiger partial charge in [-0.25, -0.2) is 4.21 Å². The molecule has 0 aliphatic rings. The van der Waals surface area contributed by atoms with Crippen molar-refractivity contribution in [3.05, 3.63) is 53.1 Å². The Morgan fingerprint density at radius 1 is 1.05 bits per heavy atom. The summed E-state index contributed by atoms with van der Waals surface area (Å²) in [6.07, 6.45) is 0.997. The zero-order chi connectivity index (χ0) is 14.7. The van der Waals surface area contributed by atoms with Gasteiger partial charge in [-0.2, -0.15) is 0 Å². The topological polar surface area (TPSA) is 26.3 Å². The molecule has 2 aromatic rings. The predicted molar refractivity (Wildman–Crippen MR) is 83.0 cm³/mol. The van der Waals surface area contributed by atoms with Crippen molar-refractivity contribution in [3.8, 4) is 5.75 Å². The highest BCUT2D eigenvalue weighted by Gasteiger charge is 2.14. The lowest BCUT2D eigenvalue weighted by Gasteiger charge is -2.12. The molecule has 0 saturated heterocycles. The van der Waals surface area contributed by atoms with E-state index in [1.807, 2.05) is 38.1 Å². The maximum absolute atomic E-state index is 12.8. The Labute approximate surface area is 123 Å². The number of benzene rings is 2.